The van der Waals surface area contributed by atoms with Gasteiger partial charge in [0.15, 0.2) is 0 Å². The Morgan fingerprint density at radius 2 is 1.59 bits per heavy atom. The van der Waals surface area contributed by atoms with Gasteiger partial charge >= 0.3 is 0 Å². The molecule has 1 aliphatic rings. The van der Waals surface area contributed by atoms with Crippen LogP contribution in [0.4, 0.5) is 5.69 Å². The number of rotatable bonds is 5. The van der Waals surface area contributed by atoms with Crippen molar-refractivity contribution in [2.45, 2.75) is 39.3 Å². The Balaban J connectivity index is 1.48. The molecule has 150 valence electrons. The van der Waals surface area contributed by atoms with E-state index in [0.717, 1.165) is 43.0 Å². The van der Waals surface area contributed by atoms with Gasteiger partial charge in [-0.1, -0.05) is 53.6 Å². The molecule has 4 heteroatoms. The van der Waals surface area contributed by atoms with Crippen molar-refractivity contribution in [2.24, 2.45) is 0 Å². The summed E-state index contributed by atoms with van der Waals surface area (Å²) >= 11 is 1.52. The largest absolute Gasteiger partial charge is 0.305 e. The minimum atomic E-state index is 0.126. The Bertz CT molecular complexity index is 924. The van der Waals surface area contributed by atoms with Crippen LogP contribution in [-0.4, -0.2) is 29.9 Å². The molecular weight excluding hydrogens is 376 g/mol. The molecule has 1 aromatic heterocycles. The fraction of sp³-hybridized carbons (Fsp3) is 0.320. The summed E-state index contributed by atoms with van der Waals surface area (Å²) in [4.78, 5) is 18.7. The molecule has 0 atom stereocenters. The Hall–Kier alpha value is -2.43. The van der Waals surface area contributed by atoms with Crippen molar-refractivity contribution in [2.75, 3.05) is 18.0 Å². The number of hydrogen-bond acceptors (Lipinski definition) is 3. The van der Waals surface area contributed by atoms with Crippen LogP contribution in [0, 0.1) is 13.8 Å². The van der Waals surface area contributed by atoms with Gasteiger partial charge in [-0.05, 0) is 55.8 Å². The fourth-order valence-corrected chi connectivity index (χ4v) is 4.67. The first-order valence-electron chi connectivity index (χ1n) is 10.3. The van der Waals surface area contributed by atoms with Crippen molar-refractivity contribution in [3.05, 3.63) is 87.6 Å². The van der Waals surface area contributed by atoms with E-state index < -0.39 is 0 Å². The van der Waals surface area contributed by atoms with Crippen molar-refractivity contribution in [3.8, 4) is 0 Å². The van der Waals surface area contributed by atoms with Crippen LogP contribution in [0.25, 0.3) is 0 Å². The van der Waals surface area contributed by atoms with Crippen LogP contribution in [0.2, 0.25) is 0 Å². The van der Waals surface area contributed by atoms with Crippen LogP contribution >= 0.6 is 11.3 Å². The number of carbonyl (C=O) groups excluding carboxylic acids is 1. The number of likely N-dealkylation sites (tertiary alicyclic amines) is 1. The van der Waals surface area contributed by atoms with Crippen LogP contribution in [0.5, 0.6) is 0 Å². The Morgan fingerprint density at radius 3 is 2.17 bits per heavy atom. The molecule has 29 heavy (non-hydrogen) atoms. The molecule has 3 nitrogen and oxygen atoms in total. The van der Waals surface area contributed by atoms with E-state index in [4.69, 9.17) is 0 Å². The van der Waals surface area contributed by atoms with Crippen molar-refractivity contribution < 1.29 is 4.79 Å². The number of aryl methyl sites for hydroxylation is 2. The maximum Gasteiger partial charge on any atom is 0.268 e. The summed E-state index contributed by atoms with van der Waals surface area (Å²) in [6.45, 7) is 7.21. The van der Waals surface area contributed by atoms with Gasteiger partial charge in [0.05, 0.1) is 4.88 Å². The van der Waals surface area contributed by atoms with Crippen molar-refractivity contribution in [1.82, 2.24) is 4.90 Å². The van der Waals surface area contributed by atoms with Gasteiger partial charge in [0.1, 0.15) is 0 Å². The molecule has 1 saturated heterocycles. The van der Waals surface area contributed by atoms with Gasteiger partial charge in [-0.3, -0.25) is 9.69 Å². The maximum absolute atomic E-state index is 13.3. The van der Waals surface area contributed by atoms with Gasteiger partial charge in [-0.2, -0.15) is 0 Å². The molecule has 0 aliphatic carbocycles. The minimum absolute atomic E-state index is 0.126. The molecule has 3 aromatic rings. The molecule has 0 N–H and O–H groups in total. The second-order valence-electron chi connectivity index (χ2n) is 7.98. The Morgan fingerprint density at radius 1 is 0.966 bits per heavy atom. The molecule has 2 aromatic carbocycles. The number of anilines is 1. The predicted molar refractivity (Wildman–Crippen MR) is 122 cm³/mol. The molecule has 2 heterocycles. The summed E-state index contributed by atoms with van der Waals surface area (Å²) in [5.74, 6) is 0.126. The zero-order chi connectivity index (χ0) is 20.2. The highest BCUT2D eigenvalue weighted by atomic mass is 32.1. The van der Waals surface area contributed by atoms with E-state index in [1.54, 1.807) is 0 Å². The van der Waals surface area contributed by atoms with Crippen LogP contribution in [0.3, 0.4) is 0 Å². The molecule has 1 fully saturated rings. The zero-order valence-corrected chi connectivity index (χ0v) is 18.0. The third-order valence-electron chi connectivity index (χ3n) is 5.71. The van der Waals surface area contributed by atoms with Gasteiger partial charge in [0.2, 0.25) is 0 Å². The number of piperidine rings is 1. The second-order valence-corrected chi connectivity index (χ2v) is 8.93. The quantitative estimate of drug-likeness (QED) is 0.546. The van der Waals surface area contributed by atoms with Gasteiger partial charge < -0.3 is 4.90 Å². The predicted octanol–water partition coefficient (Wildman–Crippen LogP) is 5.68. The molecule has 4 rings (SSSR count). The van der Waals surface area contributed by atoms with Crippen molar-refractivity contribution >= 4 is 22.9 Å². The topological polar surface area (TPSA) is 23.6 Å². The lowest BCUT2D eigenvalue weighted by Gasteiger charge is -2.38. The van der Waals surface area contributed by atoms with E-state index >= 15 is 0 Å². The standard InChI is InChI=1S/C25H28N2OS/c1-19-5-9-21(10-6-19)18-26-15-13-23(14-16-26)27(22-11-7-20(2)8-12-22)25(28)24-4-3-17-29-24/h3-12,17,23H,13-16,18H2,1-2H3. The highest BCUT2D eigenvalue weighted by Crippen LogP contribution is 2.28. The molecule has 0 radical (unpaired) electrons. The van der Waals surface area contributed by atoms with Crippen molar-refractivity contribution in [1.29, 1.82) is 0 Å². The summed E-state index contributed by atoms with van der Waals surface area (Å²) in [6.07, 6.45) is 1.99. The third kappa shape index (κ3) is 4.77. The summed E-state index contributed by atoms with van der Waals surface area (Å²) < 4.78 is 0. The molecule has 0 bridgehead atoms. The van der Waals surface area contributed by atoms with Crippen LogP contribution in [0.1, 0.15) is 39.2 Å². The first-order chi connectivity index (χ1) is 14.1. The smallest absolute Gasteiger partial charge is 0.268 e. The number of thiophene rings is 1. The SMILES string of the molecule is Cc1ccc(CN2CCC(N(C(=O)c3cccs3)c3ccc(C)cc3)CC2)cc1. The normalized spacial score (nSPS) is 15.4. The van der Waals surface area contributed by atoms with E-state index in [2.05, 4.69) is 67.3 Å². The van der Waals surface area contributed by atoms with E-state index in [9.17, 15) is 4.79 Å². The first kappa shape index (κ1) is 19.9. The molecular formula is C25H28N2OS. The third-order valence-corrected chi connectivity index (χ3v) is 6.57. The van der Waals surface area contributed by atoms with Gasteiger partial charge in [-0.25, -0.2) is 0 Å². The Kier molecular flexibility index (Phi) is 6.12. The molecule has 1 aliphatic heterocycles. The lowest BCUT2D eigenvalue weighted by Crippen LogP contribution is -2.47. The monoisotopic (exact) mass is 404 g/mol. The van der Waals surface area contributed by atoms with Gasteiger partial charge in [0.25, 0.3) is 5.91 Å². The molecule has 0 unspecified atom stereocenters. The van der Waals surface area contributed by atoms with Gasteiger partial charge in [0, 0.05) is 31.4 Å². The van der Waals surface area contributed by atoms with E-state index in [0.29, 0.717) is 0 Å². The first-order valence-corrected chi connectivity index (χ1v) is 11.2. The Labute approximate surface area is 177 Å². The summed E-state index contributed by atoms with van der Waals surface area (Å²) in [5.41, 5.74) is 4.88. The highest BCUT2D eigenvalue weighted by Gasteiger charge is 2.30. The average molecular weight is 405 g/mol. The molecule has 0 saturated carbocycles. The summed E-state index contributed by atoms with van der Waals surface area (Å²) in [6, 6.07) is 21.3. The summed E-state index contributed by atoms with van der Waals surface area (Å²) in [5, 5.41) is 1.98. The van der Waals surface area contributed by atoms with Crippen LogP contribution in [0.15, 0.2) is 66.0 Å². The van der Waals surface area contributed by atoms with Gasteiger partial charge in [-0.15, -0.1) is 11.3 Å². The van der Waals surface area contributed by atoms with E-state index in [1.807, 2.05) is 22.4 Å². The van der Waals surface area contributed by atoms with E-state index in [-0.39, 0.29) is 11.9 Å². The summed E-state index contributed by atoms with van der Waals surface area (Å²) in [7, 11) is 0. The minimum Gasteiger partial charge on any atom is -0.305 e. The molecule has 1 amide bonds. The zero-order valence-electron chi connectivity index (χ0n) is 17.2. The number of nitrogens with zero attached hydrogens (tertiary/aromatic N) is 2. The van der Waals surface area contributed by atoms with Crippen molar-refractivity contribution in [3.63, 3.8) is 0 Å². The lowest BCUT2D eigenvalue weighted by atomic mass is 10.0. The number of hydrogen-bond donors (Lipinski definition) is 0. The average Bonchev–Trinajstić information content (AvgIpc) is 3.27. The second kappa shape index (κ2) is 8.93. The fourth-order valence-electron chi connectivity index (χ4n) is 4.01. The lowest BCUT2D eigenvalue weighted by molar-refractivity contribution is 0.0962. The maximum atomic E-state index is 13.3. The van der Waals surface area contributed by atoms with Crippen LogP contribution in [-0.2, 0) is 6.54 Å². The number of carbonyl (C=O) groups is 1. The van der Waals surface area contributed by atoms with Crippen LogP contribution < -0.4 is 4.90 Å². The molecule has 0 spiro atoms. The highest BCUT2D eigenvalue weighted by molar-refractivity contribution is 7.12. The number of amides is 1. The van der Waals surface area contributed by atoms with E-state index in [1.165, 1.54) is 28.0 Å². The number of benzene rings is 2.